The number of anilines is 1. The van der Waals surface area contributed by atoms with Crippen molar-refractivity contribution in [3.05, 3.63) is 54.3 Å². The highest BCUT2D eigenvalue weighted by Crippen LogP contribution is 2.22. The maximum atomic E-state index is 13.1. The van der Waals surface area contributed by atoms with Crippen LogP contribution in [0.3, 0.4) is 0 Å². The Morgan fingerprint density at radius 1 is 1.00 bits per heavy atom. The van der Waals surface area contributed by atoms with Gasteiger partial charge in [-0.3, -0.25) is 9.59 Å². The normalized spacial score (nSPS) is 15.1. The van der Waals surface area contributed by atoms with Gasteiger partial charge in [0.25, 0.3) is 0 Å². The largest absolute Gasteiger partial charge is 0.339 e. The zero-order chi connectivity index (χ0) is 21.7. The van der Waals surface area contributed by atoms with E-state index in [4.69, 9.17) is 0 Å². The average molecular weight is 452 g/mol. The molecule has 0 radical (unpaired) electrons. The van der Waals surface area contributed by atoms with Gasteiger partial charge in [-0.2, -0.15) is 4.31 Å². The summed E-state index contributed by atoms with van der Waals surface area (Å²) < 4.78 is 39.7. The van der Waals surface area contributed by atoms with E-state index in [1.807, 2.05) is 12.1 Å². The average Bonchev–Trinajstić information content (AvgIpc) is 2.73. The van der Waals surface area contributed by atoms with Gasteiger partial charge in [0.05, 0.1) is 10.6 Å². The molecule has 1 heterocycles. The van der Waals surface area contributed by atoms with E-state index in [0.29, 0.717) is 18.8 Å². The molecule has 0 saturated carbocycles. The molecule has 0 aliphatic carbocycles. The van der Waals surface area contributed by atoms with Gasteiger partial charge in [-0.15, -0.1) is 11.8 Å². The van der Waals surface area contributed by atoms with Crippen LogP contribution in [0.1, 0.15) is 6.92 Å². The topological polar surface area (TPSA) is 86.8 Å². The minimum atomic E-state index is -3.70. The fraction of sp³-hybridized carbons (Fsp3) is 0.300. The van der Waals surface area contributed by atoms with E-state index in [-0.39, 0.29) is 35.6 Å². The first-order valence-corrected chi connectivity index (χ1v) is 11.7. The molecule has 7 nitrogen and oxygen atoms in total. The van der Waals surface area contributed by atoms with Gasteiger partial charge in [0, 0.05) is 43.7 Å². The first-order chi connectivity index (χ1) is 14.3. The summed E-state index contributed by atoms with van der Waals surface area (Å²) in [6.07, 6.45) is 0. The monoisotopic (exact) mass is 451 g/mol. The minimum absolute atomic E-state index is 0.0435. The molecule has 1 aliphatic heterocycles. The van der Waals surface area contributed by atoms with Crippen molar-refractivity contribution in [2.45, 2.75) is 16.7 Å². The van der Waals surface area contributed by atoms with Crippen molar-refractivity contribution < 1.29 is 22.4 Å². The van der Waals surface area contributed by atoms with Crippen molar-refractivity contribution in [1.29, 1.82) is 0 Å². The molecule has 0 spiro atoms. The van der Waals surface area contributed by atoms with Crippen molar-refractivity contribution in [2.75, 3.05) is 37.2 Å². The van der Waals surface area contributed by atoms with E-state index in [9.17, 15) is 22.4 Å². The third-order valence-electron chi connectivity index (χ3n) is 4.58. The van der Waals surface area contributed by atoms with Crippen molar-refractivity contribution in [2.24, 2.45) is 0 Å². The molecule has 1 N–H and O–H groups in total. The second-order valence-electron chi connectivity index (χ2n) is 6.73. The van der Waals surface area contributed by atoms with Crippen LogP contribution in [0.4, 0.5) is 10.1 Å². The highest BCUT2D eigenvalue weighted by Gasteiger charge is 2.30. The van der Waals surface area contributed by atoms with Crippen LogP contribution >= 0.6 is 11.8 Å². The zero-order valence-electron chi connectivity index (χ0n) is 16.4. The smallest absolute Gasteiger partial charge is 0.243 e. The lowest BCUT2D eigenvalue weighted by Gasteiger charge is -2.34. The number of carbonyl (C=O) groups excluding carboxylic acids is 2. The maximum absolute atomic E-state index is 13.1. The highest BCUT2D eigenvalue weighted by atomic mass is 32.2. The predicted octanol–water partition coefficient (Wildman–Crippen LogP) is 2.41. The van der Waals surface area contributed by atoms with Crippen molar-refractivity contribution in [3.63, 3.8) is 0 Å². The Morgan fingerprint density at radius 3 is 2.17 bits per heavy atom. The van der Waals surface area contributed by atoms with Gasteiger partial charge < -0.3 is 10.2 Å². The lowest BCUT2D eigenvalue weighted by Crippen LogP contribution is -2.50. The van der Waals surface area contributed by atoms with E-state index < -0.39 is 15.8 Å². The molecule has 0 unspecified atom stereocenters. The fourth-order valence-corrected chi connectivity index (χ4v) is 5.23. The summed E-state index contributed by atoms with van der Waals surface area (Å²) in [6.45, 7) is 2.44. The number of carbonyl (C=O) groups is 2. The van der Waals surface area contributed by atoms with Gasteiger partial charge in [-0.25, -0.2) is 12.8 Å². The summed E-state index contributed by atoms with van der Waals surface area (Å²) in [7, 11) is -3.70. The Balaban J connectivity index is 1.50. The number of nitrogens with one attached hydrogen (secondary N) is 1. The van der Waals surface area contributed by atoms with Crippen LogP contribution in [0.25, 0.3) is 0 Å². The molecule has 1 saturated heterocycles. The summed E-state index contributed by atoms with van der Waals surface area (Å²) in [4.78, 5) is 26.1. The third-order valence-corrected chi connectivity index (χ3v) is 7.49. The van der Waals surface area contributed by atoms with E-state index in [0.717, 1.165) is 17.0 Å². The van der Waals surface area contributed by atoms with Crippen LogP contribution in [0.2, 0.25) is 0 Å². The molecule has 3 rings (SSSR count). The SMILES string of the molecule is CC(=O)Nc1ccc(SCC(=O)N2CCN(S(=O)(=O)c3ccc(F)cc3)CC2)cc1. The quantitative estimate of drug-likeness (QED) is 0.682. The first kappa shape index (κ1) is 22.3. The summed E-state index contributed by atoms with van der Waals surface area (Å²) in [6, 6.07) is 11.9. The molecule has 1 fully saturated rings. The summed E-state index contributed by atoms with van der Waals surface area (Å²) in [5, 5.41) is 2.68. The van der Waals surface area contributed by atoms with Gasteiger partial charge in [0.1, 0.15) is 5.82 Å². The van der Waals surface area contributed by atoms with Crippen molar-refractivity contribution >= 4 is 39.3 Å². The van der Waals surface area contributed by atoms with E-state index in [2.05, 4.69) is 5.32 Å². The van der Waals surface area contributed by atoms with Crippen LogP contribution < -0.4 is 5.32 Å². The molecule has 1 aliphatic rings. The number of halogens is 1. The lowest BCUT2D eigenvalue weighted by molar-refractivity contribution is -0.129. The van der Waals surface area contributed by atoms with E-state index >= 15 is 0 Å². The molecule has 0 bridgehead atoms. The predicted molar refractivity (Wildman–Crippen MR) is 113 cm³/mol. The molecule has 2 aromatic carbocycles. The summed E-state index contributed by atoms with van der Waals surface area (Å²) in [5.74, 6) is -0.466. The fourth-order valence-electron chi connectivity index (χ4n) is 3.01. The molecule has 2 aromatic rings. The Morgan fingerprint density at radius 2 is 1.60 bits per heavy atom. The van der Waals surface area contributed by atoms with Gasteiger partial charge in [0.15, 0.2) is 0 Å². The van der Waals surface area contributed by atoms with Crippen LogP contribution in [0, 0.1) is 5.82 Å². The van der Waals surface area contributed by atoms with Crippen LogP contribution in [-0.2, 0) is 19.6 Å². The molecular weight excluding hydrogens is 429 g/mol. The summed E-state index contributed by atoms with van der Waals surface area (Å²) in [5.41, 5.74) is 0.691. The minimum Gasteiger partial charge on any atom is -0.339 e. The maximum Gasteiger partial charge on any atom is 0.243 e. The Hall–Kier alpha value is -2.43. The Labute approximate surface area is 179 Å². The second kappa shape index (κ2) is 9.59. The zero-order valence-corrected chi connectivity index (χ0v) is 18.0. The molecule has 0 aromatic heterocycles. The number of hydrogen-bond acceptors (Lipinski definition) is 5. The lowest BCUT2D eigenvalue weighted by atomic mass is 10.3. The van der Waals surface area contributed by atoms with E-state index in [1.54, 1.807) is 17.0 Å². The molecule has 10 heteroatoms. The molecule has 2 amide bonds. The number of amides is 2. The molecule has 0 atom stereocenters. The van der Waals surface area contributed by atoms with Crippen LogP contribution in [-0.4, -0.2) is 61.4 Å². The standard InChI is InChI=1S/C20H22FN3O4S2/c1-15(25)22-17-4-6-18(7-5-17)29-14-20(26)23-10-12-24(13-11-23)30(27,28)19-8-2-16(21)3-9-19/h2-9H,10-14H2,1H3,(H,22,25). The number of piperazine rings is 1. The Kier molecular flexibility index (Phi) is 7.11. The van der Waals surface area contributed by atoms with Crippen LogP contribution in [0.15, 0.2) is 58.3 Å². The van der Waals surface area contributed by atoms with Crippen molar-refractivity contribution in [3.8, 4) is 0 Å². The van der Waals surface area contributed by atoms with Gasteiger partial charge >= 0.3 is 0 Å². The van der Waals surface area contributed by atoms with Gasteiger partial charge in [0.2, 0.25) is 21.8 Å². The van der Waals surface area contributed by atoms with Crippen LogP contribution in [0.5, 0.6) is 0 Å². The Bertz CT molecular complexity index is 1000. The molecule has 30 heavy (non-hydrogen) atoms. The van der Waals surface area contributed by atoms with Gasteiger partial charge in [-0.1, -0.05) is 0 Å². The number of hydrogen-bond donors (Lipinski definition) is 1. The summed E-state index contributed by atoms with van der Waals surface area (Å²) >= 11 is 1.38. The third kappa shape index (κ3) is 5.59. The van der Waals surface area contributed by atoms with Gasteiger partial charge in [-0.05, 0) is 48.5 Å². The highest BCUT2D eigenvalue weighted by molar-refractivity contribution is 8.00. The number of thioether (sulfide) groups is 1. The molecule has 160 valence electrons. The first-order valence-electron chi connectivity index (χ1n) is 9.29. The number of benzene rings is 2. The number of nitrogens with zero attached hydrogens (tertiary/aromatic N) is 2. The number of rotatable bonds is 6. The van der Waals surface area contributed by atoms with Crippen molar-refractivity contribution in [1.82, 2.24) is 9.21 Å². The molecular formula is C20H22FN3O4S2. The van der Waals surface area contributed by atoms with E-state index in [1.165, 1.54) is 35.1 Å². The second-order valence-corrected chi connectivity index (χ2v) is 9.72. The number of sulfonamides is 1.